The highest BCUT2D eigenvalue weighted by atomic mass is 19.4. The van der Waals surface area contributed by atoms with Crippen LogP contribution in [0.15, 0.2) is 54.9 Å². The van der Waals surface area contributed by atoms with E-state index < -0.39 is 24.2 Å². The Labute approximate surface area is 283 Å². The monoisotopic (exact) mass is 668 g/mol. The van der Waals surface area contributed by atoms with Gasteiger partial charge in [0.05, 0.1) is 11.1 Å². The number of carboxylic acid groups (broad SMARTS) is 1. The summed E-state index contributed by atoms with van der Waals surface area (Å²) in [5.41, 5.74) is 2.50. The zero-order valence-corrected chi connectivity index (χ0v) is 28.5. The molecule has 1 unspecified atom stereocenters. The minimum Gasteiger partial charge on any atom is -0.478 e. The van der Waals surface area contributed by atoms with Gasteiger partial charge >= 0.3 is 18.1 Å². The van der Waals surface area contributed by atoms with Gasteiger partial charge in [-0.3, -0.25) is 0 Å². The fourth-order valence-corrected chi connectivity index (χ4v) is 5.76. The van der Waals surface area contributed by atoms with Gasteiger partial charge in [0.1, 0.15) is 0 Å². The van der Waals surface area contributed by atoms with Crippen molar-refractivity contribution < 1.29 is 32.6 Å². The summed E-state index contributed by atoms with van der Waals surface area (Å²) in [6, 6.07) is 10.5. The van der Waals surface area contributed by atoms with Crippen LogP contribution in [-0.4, -0.2) is 39.3 Å². The number of unbranched alkanes of at least 4 members (excludes halogenated alkanes) is 13. The van der Waals surface area contributed by atoms with Crippen molar-refractivity contribution in [1.82, 2.24) is 9.97 Å². The van der Waals surface area contributed by atoms with E-state index in [1.807, 2.05) is 19.3 Å². The SMILES string of the molecule is CCCCCCCCCCCCCc1cnc(-c2ccc(C(=O)O)c(-c3ccc(C(=O)OC(CCCCCC)C(F)(F)F)cc3)c2)nc1. The molecule has 0 amide bonds. The van der Waals surface area contributed by atoms with Crippen molar-refractivity contribution in [2.45, 2.75) is 135 Å². The second-order valence-corrected chi connectivity index (χ2v) is 12.6. The average molecular weight is 669 g/mol. The number of alkyl halides is 3. The normalized spacial score (nSPS) is 12.2. The lowest BCUT2D eigenvalue weighted by molar-refractivity contribution is -0.206. The van der Waals surface area contributed by atoms with Gasteiger partial charge in [-0.15, -0.1) is 0 Å². The van der Waals surface area contributed by atoms with E-state index in [1.54, 1.807) is 12.1 Å². The lowest BCUT2D eigenvalue weighted by Gasteiger charge is -2.20. The summed E-state index contributed by atoms with van der Waals surface area (Å²) < 4.78 is 45.4. The standard InChI is InChI=1S/C39H51F3N2O4/c1-3-5-7-9-10-11-12-13-14-15-16-18-29-27-43-36(44-28-29)32-24-25-33(37(45)46)34(26-32)30-20-22-31(23-21-30)38(47)48-35(39(40,41)42)19-17-8-6-4-2/h20-28,35H,3-19H2,1-2H3,(H,45,46). The first-order chi connectivity index (χ1) is 23.1. The summed E-state index contributed by atoms with van der Waals surface area (Å²) in [7, 11) is 0. The van der Waals surface area contributed by atoms with Crippen LogP contribution in [0.1, 0.15) is 143 Å². The molecule has 0 saturated carbocycles. The summed E-state index contributed by atoms with van der Waals surface area (Å²) in [5.74, 6) is -1.76. The maximum absolute atomic E-state index is 13.5. The number of nitrogens with zero attached hydrogens (tertiary/aromatic N) is 2. The number of carboxylic acids is 1. The maximum atomic E-state index is 13.5. The van der Waals surface area contributed by atoms with E-state index in [1.165, 1.54) is 94.5 Å². The van der Waals surface area contributed by atoms with Crippen LogP contribution in [0.2, 0.25) is 0 Å². The highest BCUT2D eigenvalue weighted by Crippen LogP contribution is 2.31. The first-order valence-electron chi connectivity index (χ1n) is 17.7. The summed E-state index contributed by atoms with van der Waals surface area (Å²) in [6.07, 6.45) is 14.1. The third kappa shape index (κ3) is 13.0. The molecule has 48 heavy (non-hydrogen) atoms. The molecule has 0 fully saturated rings. The lowest BCUT2D eigenvalue weighted by atomic mass is 9.96. The molecular formula is C39H51F3N2O4. The molecule has 0 aliphatic heterocycles. The van der Waals surface area contributed by atoms with Crippen molar-refractivity contribution >= 4 is 11.9 Å². The van der Waals surface area contributed by atoms with E-state index in [4.69, 9.17) is 4.74 Å². The molecule has 9 heteroatoms. The van der Waals surface area contributed by atoms with E-state index in [9.17, 15) is 27.9 Å². The van der Waals surface area contributed by atoms with Gasteiger partial charge in [-0.2, -0.15) is 13.2 Å². The van der Waals surface area contributed by atoms with E-state index in [0.717, 1.165) is 31.2 Å². The Hall–Kier alpha value is -3.75. The molecule has 0 bridgehead atoms. The summed E-state index contributed by atoms with van der Waals surface area (Å²) in [5, 5.41) is 9.84. The zero-order chi connectivity index (χ0) is 34.8. The number of benzene rings is 2. The second kappa shape index (κ2) is 20.6. The van der Waals surface area contributed by atoms with Crippen LogP contribution in [0.4, 0.5) is 13.2 Å². The van der Waals surface area contributed by atoms with Crippen molar-refractivity contribution in [2.75, 3.05) is 0 Å². The minimum absolute atomic E-state index is 0.0337. The minimum atomic E-state index is -4.66. The van der Waals surface area contributed by atoms with Crippen LogP contribution in [0.5, 0.6) is 0 Å². The Kier molecular flexibility index (Phi) is 16.6. The second-order valence-electron chi connectivity index (χ2n) is 12.6. The third-order valence-electron chi connectivity index (χ3n) is 8.65. The van der Waals surface area contributed by atoms with Crippen molar-refractivity contribution in [3.8, 4) is 22.5 Å². The number of hydrogen-bond donors (Lipinski definition) is 1. The maximum Gasteiger partial charge on any atom is 0.425 e. The van der Waals surface area contributed by atoms with Gasteiger partial charge < -0.3 is 9.84 Å². The van der Waals surface area contributed by atoms with Gasteiger partial charge in [0, 0.05) is 18.0 Å². The summed E-state index contributed by atoms with van der Waals surface area (Å²) in [4.78, 5) is 33.7. The molecule has 0 aliphatic carbocycles. The first-order valence-corrected chi connectivity index (χ1v) is 17.7. The van der Waals surface area contributed by atoms with Crippen LogP contribution in [0.25, 0.3) is 22.5 Å². The number of aromatic carboxylic acids is 1. The molecule has 262 valence electrons. The molecule has 1 heterocycles. The molecule has 0 aliphatic rings. The number of rotatable bonds is 22. The van der Waals surface area contributed by atoms with E-state index >= 15 is 0 Å². The Morgan fingerprint density at radius 1 is 0.729 bits per heavy atom. The molecule has 6 nitrogen and oxygen atoms in total. The fraction of sp³-hybridized carbons (Fsp3) is 0.538. The lowest BCUT2D eigenvalue weighted by Crippen LogP contribution is -2.33. The van der Waals surface area contributed by atoms with Crippen molar-refractivity contribution in [3.63, 3.8) is 0 Å². The zero-order valence-electron chi connectivity index (χ0n) is 28.5. The molecule has 1 N–H and O–H groups in total. The quantitative estimate of drug-likeness (QED) is 0.0846. The van der Waals surface area contributed by atoms with Crippen molar-refractivity contribution in [3.05, 3.63) is 71.5 Å². The number of carbonyl (C=O) groups is 2. The van der Waals surface area contributed by atoms with Gasteiger partial charge in [0.15, 0.2) is 11.9 Å². The van der Waals surface area contributed by atoms with Crippen LogP contribution in [-0.2, 0) is 11.2 Å². The number of esters is 1. The number of halogens is 3. The molecule has 2 aromatic carbocycles. The number of aromatic nitrogens is 2. The topological polar surface area (TPSA) is 89.4 Å². The van der Waals surface area contributed by atoms with Gasteiger partial charge in [0.2, 0.25) is 0 Å². The highest BCUT2D eigenvalue weighted by Gasteiger charge is 2.42. The van der Waals surface area contributed by atoms with Gasteiger partial charge in [-0.05, 0) is 66.6 Å². The van der Waals surface area contributed by atoms with Gasteiger partial charge in [0.25, 0.3) is 0 Å². The summed E-state index contributed by atoms with van der Waals surface area (Å²) >= 11 is 0. The molecule has 0 saturated heterocycles. The Balaban J connectivity index is 1.59. The van der Waals surface area contributed by atoms with Crippen LogP contribution in [0, 0.1) is 0 Å². The van der Waals surface area contributed by atoms with Crippen LogP contribution in [0.3, 0.4) is 0 Å². The van der Waals surface area contributed by atoms with E-state index in [2.05, 4.69) is 16.9 Å². The number of hydrogen-bond acceptors (Lipinski definition) is 5. The van der Waals surface area contributed by atoms with Gasteiger partial charge in [-0.1, -0.05) is 116 Å². The molecule has 0 radical (unpaired) electrons. The van der Waals surface area contributed by atoms with E-state index in [0.29, 0.717) is 35.4 Å². The molecule has 1 atom stereocenters. The smallest absolute Gasteiger partial charge is 0.425 e. The first kappa shape index (κ1) is 38.7. The molecule has 0 spiro atoms. The Morgan fingerprint density at radius 3 is 1.79 bits per heavy atom. The third-order valence-corrected chi connectivity index (χ3v) is 8.65. The van der Waals surface area contributed by atoms with Crippen molar-refractivity contribution in [1.29, 1.82) is 0 Å². The largest absolute Gasteiger partial charge is 0.478 e. The number of carbonyl (C=O) groups excluding carboxylic acids is 1. The number of ether oxygens (including phenoxy) is 1. The highest BCUT2D eigenvalue weighted by molar-refractivity contribution is 5.97. The fourth-order valence-electron chi connectivity index (χ4n) is 5.76. The molecular weight excluding hydrogens is 617 g/mol. The molecule has 1 aromatic heterocycles. The summed E-state index contributed by atoms with van der Waals surface area (Å²) in [6.45, 7) is 4.21. The molecule has 3 aromatic rings. The number of aryl methyl sites for hydroxylation is 1. The Bertz CT molecular complexity index is 1390. The predicted octanol–water partition coefficient (Wildman–Crippen LogP) is 11.4. The van der Waals surface area contributed by atoms with Crippen LogP contribution < -0.4 is 0 Å². The van der Waals surface area contributed by atoms with E-state index in [-0.39, 0.29) is 17.5 Å². The Morgan fingerprint density at radius 2 is 1.25 bits per heavy atom. The van der Waals surface area contributed by atoms with Crippen molar-refractivity contribution in [2.24, 2.45) is 0 Å². The van der Waals surface area contributed by atoms with Gasteiger partial charge in [-0.25, -0.2) is 19.6 Å². The average Bonchev–Trinajstić information content (AvgIpc) is 3.08. The predicted molar refractivity (Wildman–Crippen MR) is 184 cm³/mol. The van der Waals surface area contributed by atoms with Crippen LogP contribution >= 0.6 is 0 Å². The molecule has 3 rings (SSSR count).